The molecule has 6 heteroatoms. The van der Waals surface area contributed by atoms with Crippen LogP contribution in [0.5, 0.6) is 23.0 Å². The summed E-state index contributed by atoms with van der Waals surface area (Å²) in [4.78, 5) is 16.0. The van der Waals surface area contributed by atoms with E-state index in [1.807, 2.05) is 24.4 Å². The number of carbonyl (C=O) groups is 1. The molecule has 1 aromatic heterocycles. The molecule has 140 valence electrons. The monoisotopic (exact) mass is 367 g/mol. The summed E-state index contributed by atoms with van der Waals surface area (Å²) in [6.07, 6.45) is 5.10. The van der Waals surface area contributed by atoms with Crippen molar-refractivity contribution in [1.29, 1.82) is 0 Å². The van der Waals surface area contributed by atoms with E-state index < -0.39 is 0 Å². The van der Waals surface area contributed by atoms with Crippen molar-refractivity contribution in [2.24, 2.45) is 0 Å². The number of aromatic nitrogens is 1. The molecule has 6 nitrogen and oxygen atoms in total. The third-order valence-electron chi connectivity index (χ3n) is 4.30. The number of ketones is 1. The van der Waals surface area contributed by atoms with Gasteiger partial charge in [0, 0.05) is 35.3 Å². The van der Waals surface area contributed by atoms with Gasteiger partial charge in [0.25, 0.3) is 0 Å². The fraction of sp³-hybridized carbons (Fsp3) is 0.190. The number of fused-ring (bicyclic) bond motifs is 1. The lowest BCUT2D eigenvalue weighted by molar-refractivity contribution is 0.104. The summed E-state index contributed by atoms with van der Waals surface area (Å²) in [7, 11) is 6.17. The maximum Gasteiger partial charge on any atom is 0.193 e. The number of carbonyl (C=O) groups excluding carboxylic acids is 1. The molecule has 27 heavy (non-hydrogen) atoms. The number of nitrogens with one attached hydrogen (secondary N) is 1. The molecule has 2 aromatic carbocycles. The van der Waals surface area contributed by atoms with Gasteiger partial charge in [-0.15, -0.1) is 0 Å². The smallest absolute Gasteiger partial charge is 0.193 e. The molecule has 3 aromatic rings. The van der Waals surface area contributed by atoms with Gasteiger partial charge in [-0.2, -0.15) is 0 Å². The molecule has 0 spiro atoms. The lowest BCUT2D eigenvalue weighted by atomic mass is 10.1. The number of benzene rings is 2. The highest BCUT2D eigenvalue weighted by molar-refractivity contribution is 6.11. The van der Waals surface area contributed by atoms with Crippen LogP contribution in [0.3, 0.4) is 0 Å². The number of H-pyrrole nitrogens is 1. The Labute approximate surface area is 157 Å². The number of rotatable bonds is 7. The lowest BCUT2D eigenvalue weighted by Gasteiger charge is -2.13. The standard InChI is InChI=1S/C21H21NO5/c1-24-14-6-7-16-13(12-22-17(16)9-14)5-8-18(23)21-19(26-3)10-15(25-2)11-20(21)27-4/h5-12,22H,1-4H3/b8-5+. The minimum absolute atomic E-state index is 0.228. The van der Waals surface area contributed by atoms with Crippen LogP contribution in [0, 0.1) is 0 Å². The van der Waals surface area contributed by atoms with E-state index in [9.17, 15) is 4.79 Å². The van der Waals surface area contributed by atoms with Gasteiger partial charge in [-0.3, -0.25) is 4.79 Å². The van der Waals surface area contributed by atoms with Gasteiger partial charge in [-0.05, 0) is 29.8 Å². The molecular weight excluding hydrogens is 346 g/mol. The first-order valence-electron chi connectivity index (χ1n) is 8.28. The summed E-state index contributed by atoms with van der Waals surface area (Å²) in [5, 5.41) is 0.994. The number of allylic oxidation sites excluding steroid dienone is 1. The third kappa shape index (κ3) is 3.60. The second-order valence-corrected chi connectivity index (χ2v) is 5.76. The number of hydrogen-bond acceptors (Lipinski definition) is 5. The van der Waals surface area contributed by atoms with Crippen molar-refractivity contribution in [2.45, 2.75) is 0 Å². The zero-order valence-corrected chi connectivity index (χ0v) is 15.7. The molecule has 1 N–H and O–H groups in total. The van der Waals surface area contributed by atoms with Crippen molar-refractivity contribution in [2.75, 3.05) is 28.4 Å². The van der Waals surface area contributed by atoms with E-state index in [1.54, 1.807) is 32.4 Å². The summed E-state index contributed by atoms with van der Waals surface area (Å²) in [5.41, 5.74) is 2.17. The first kappa shape index (κ1) is 18.4. The Morgan fingerprint density at radius 2 is 1.56 bits per heavy atom. The van der Waals surface area contributed by atoms with Crippen molar-refractivity contribution in [3.05, 3.63) is 53.7 Å². The molecule has 0 atom stereocenters. The van der Waals surface area contributed by atoms with Gasteiger partial charge < -0.3 is 23.9 Å². The first-order valence-corrected chi connectivity index (χ1v) is 8.28. The first-order chi connectivity index (χ1) is 13.1. The molecule has 0 unspecified atom stereocenters. The van der Waals surface area contributed by atoms with E-state index in [4.69, 9.17) is 18.9 Å². The van der Waals surface area contributed by atoms with Crippen LogP contribution >= 0.6 is 0 Å². The van der Waals surface area contributed by atoms with Gasteiger partial charge in [0.1, 0.15) is 28.6 Å². The number of hydrogen-bond donors (Lipinski definition) is 1. The van der Waals surface area contributed by atoms with Crippen molar-refractivity contribution < 1.29 is 23.7 Å². The highest BCUT2D eigenvalue weighted by Gasteiger charge is 2.18. The highest BCUT2D eigenvalue weighted by Crippen LogP contribution is 2.35. The van der Waals surface area contributed by atoms with Crippen LogP contribution in [0.1, 0.15) is 15.9 Å². The summed E-state index contributed by atoms with van der Waals surface area (Å²) in [6, 6.07) is 9.04. The summed E-state index contributed by atoms with van der Waals surface area (Å²) >= 11 is 0. The van der Waals surface area contributed by atoms with Crippen molar-refractivity contribution in [1.82, 2.24) is 4.98 Å². The minimum atomic E-state index is -0.228. The molecule has 0 aliphatic carbocycles. The Morgan fingerprint density at radius 1 is 0.889 bits per heavy atom. The molecule has 0 radical (unpaired) electrons. The SMILES string of the molecule is COc1cc(OC)c(C(=O)/C=C/c2c[nH]c3cc(OC)ccc23)c(OC)c1. The average Bonchev–Trinajstić information content (AvgIpc) is 3.12. The Balaban J connectivity index is 1.96. The van der Waals surface area contributed by atoms with Crippen LogP contribution in [0.4, 0.5) is 0 Å². The van der Waals surface area contributed by atoms with Crippen LogP contribution in [-0.2, 0) is 0 Å². The van der Waals surface area contributed by atoms with Crippen LogP contribution in [0.2, 0.25) is 0 Å². The van der Waals surface area contributed by atoms with E-state index in [0.717, 1.165) is 22.2 Å². The van der Waals surface area contributed by atoms with Crippen molar-refractivity contribution >= 4 is 22.8 Å². The van der Waals surface area contributed by atoms with Crippen molar-refractivity contribution in [3.63, 3.8) is 0 Å². The number of aromatic amines is 1. The second-order valence-electron chi connectivity index (χ2n) is 5.76. The van der Waals surface area contributed by atoms with Crippen LogP contribution in [0.25, 0.3) is 17.0 Å². The summed E-state index contributed by atoms with van der Waals surface area (Å²) < 4.78 is 21.1. The van der Waals surface area contributed by atoms with Crippen LogP contribution < -0.4 is 18.9 Å². The van der Waals surface area contributed by atoms with E-state index in [0.29, 0.717) is 22.8 Å². The molecule has 0 amide bonds. The average molecular weight is 367 g/mol. The molecule has 1 heterocycles. The van der Waals surface area contributed by atoms with Gasteiger partial charge in [0.05, 0.1) is 28.4 Å². The van der Waals surface area contributed by atoms with Crippen molar-refractivity contribution in [3.8, 4) is 23.0 Å². The highest BCUT2D eigenvalue weighted by atomic mass is 16.5. The Hall–Kier alpha value is -3.41. The Morgan fingerprint density at radius 3 is 2.15 bits per heavy atom. The Bertz CT molecular complexity index is 978. The zero-order valence-electron chi connectivity index (χ0n) is 15.7. The quantitative estimate of drug-likeness (QED) is 0.503. The maximum atomic E-state index is 12.8. The van der Waals surface area contributed by atoms with Gasteiger partial charge in [-0.25, -0.2) is 0 Å². The normalized spacial score (nSPS) is 11.0. The van der Waals surface area contributed by atoms with Gasteiger partial charge in [-0.1, -0.05) is 0 Å². The van der Waals surface area contributed by atoms with Crippen LogP contribution in [-0.4, -0.2) is 39.2 Å². The molecule has 0 saturated heterocycles. The summed E-state index contributed by atoms with van der Waals surface area (Å²) in [6.45, 7) is 0. The molecule has 0 saturated carbocycles. The van der Waals surface area contributed by atoms with Gasteiger partial charge in [0.2, 0.25) is 0 Å². The largest absolute Gasteiger partial charge is 0.497 e. The van der Waals surface area contributed by atoms with E-state index in [-0.39, 0.29) is 5.78 Å². The fourth-order valence-electron chi connectivity index (χ4n) is 2.89. The van der Waals surface area contributed by atoms with Gasteiger partial charge >= 0.3 is 0 Å². The lowest BCUT2D eigenvalue weighted by Crippen LogP contribution is -2.03. The molecule has 0 aliphatic rings. The predicted octanol–water partition coefficient (Wildman–Crippen LogP) is 4.10. The fourth-order valence-corrected chi connectivity index (χ4v) is 2.89. The minimum Gasteiger partial charge on any atom is -0.497 e. The number of methoxy groups -OCH3 is 4. The van der Waals surface area contributed by atoms with E-state index in [1.165, 1.54) is 20.3 Å². The molecule has 3 rings (SSSR count). The maximum absolute atomic E-state index is 12.8. The second kappa shape index (κ2) is 7.86. The molecule has 0 aliphatic heterocycles. The van der Waals surface area contributed by atoms with Gasteiger partial charge in [0.15, 0.2) is 5.78 Å². The molecular formula is C21H21NO5. The zero-order chi connectivity index (χ0) is 19.4. The van der Waals surface area contributed by atoms with Crippen LogP contribution in [0.15, 0.2) is 42.6 Å². The number of ether oxygens (including phenoxy) is 4. The predicted molar refractivity (Wildman–Crippen MR) is 104 cm³/mol. The molecule has 0 bridgehead atoms. The topological polar surface area (TPSA) is 69.8 Å². The molecule has 0 fully saturated rings. The van der Waals surface area contributed by atoms with E-state index in [2.05, 4.69) is 4.98 Å². The van der Waals surface area contributed by atoms with E-state index >= 15 is 0 Å². The third-order valence-corrected chi connectivity index (χ3v) is 4.30. The Kier molecular flexibility index (Phi) is 5.35. The summed E-state index contributed by atoms with van der Waals surface area (Å²) in [5.74, 6) is 1.88.